The fourth-order valence-corrected chi connectivity index (χ4v) is 5.98. The normalized spacial score (nSPS) is 15.5. The first-order valence-corrected chi connectivity index (χ1v) is 14.2. The molecule has 1 atom stereocenters. The Balaban J connectivity index is 1.88. The number of urea groups is 1. The lowest BCUT2D eigenvalue weighted by Crippen LogP contribution is -2.54. The molecule has 0 spiro atoms. The highest BCUT2D eigenvalue weighted by Gasteiger charge is 2.40. The lowest BCUT2D eigenvalue weighted by Gasteiger charge is -2.39. The zero-order chi connectivity index (χ0) is 26.1. The number of amides is 2. The van der Waals surface area contributed by atoms with Crippen LogP contribution < -0.4 is 0 Å². The first-order chi connectivity index (χ1) is 17.3. The van der Waals surface area contributed by atoms with Crippen LogP contribution in [-0.4, -0.2) is 53.9 Å². The van der Waals surface area contributed by atoms with E-state index in [9.17, 15) is 14.2 Å². The second-order valence-electron chi connectivity index (χ2n) is 9.20. The highest BCUT2D eigenvalue weighted by molar-refractivity contribution is 7.53. The molecule has 3 rings (SSSR count). The zero-order valence-electron chi connectivity index (χ0n) is 21.6. The van der Waals surface area contributed by atoms with Crippen LogP contribution in [0.25, 0.3) is 0 Å². The number of carbonyl (C=O) groups excluding carboxylic acids is 2. The highest BCUT2D eigenvalue weighted by atomic mass is 31.2. The molecule has 36 heavy (non-hydrogen) atoms. The van der Waals surface area contributed by atoms with Crippen molar-refractivity contribution in [1.29, 1.82) is 0 Å². The second kappa shape index (κ2) is 13.0. The van der Waals surface area contributed by atoms with Gasteiger partial charge >= 0.3 is 19.6 Å². The van der Waals surface area contributed by atoms with Gasteiger partial charge in [0.2, 0.25) is 0 Å². The number of nitrogens with zero attached hydrogens (tertiary/aromatic N) is 2. The molecule has 0 saturated carbocycles. The van der Waals surface area contributed by atoms with Crippen LogP contribution in [0.1, 0.15) is 44.4 Å². The average molecular weight is 517 g/mol. The minimum absolute atomic E-state index is 0.103. The number of hydrogen-bond acceptors (Lipinski definition) is 6. The van der Waals surface area contributed by atoms with Gasteiger partial charge in [-0.25, -0.2) is 9.59 Å². The molecule has 1 heterocycles. The Kier molecular flexibility index (Phi) is 10.1. The van der Waals surface area contributed by atoms with Crippen LogP contribution in [0.5, 0.6) is 0 Å². The standard InChI is InChI=1S/C27H37N2O6P/c1-5-34-36(32,35-6-2)20-28(17-21(3)4)27(31)29-18-24-15-11-10-14-23(24)16-25(29)26(30)33-19-22-12-8-7-9-13-22/h7-15,21,25H,5-6,16-20H2,1-4H3. The Hall–Kier alpha value is -2.67. The van der Waals surface area contributed by atoms with Crippen molar-refractivity contribution in [3.8, 4) is 0 Å². The number of hydrogen-bond donors (Lipinski definition) is 0. The Morgan fingerprint density at radius 3 is 2.22 bits per heavy atom. The van der Waals surface area contributed by atoms with Crippen LogP contribution in [0, 0.1) is 5.92 Å². The molecule has 0 aromatic heterocycles. The molecule has 0 fully saturated rings. The quantitative estimate of drug-likeness (QED) is 0.291. The van der Waals surface area contributed by atoms with E-state index in [0.29, 0.717) is 13.0 Å². The van der Waals surface area contributed by atoms with Gasteiger partial charge in [0.05, 0.1) is 13.2 Å². The van der Waals surface area contributed by atoms with Gasteiger partial charge in [0.25, 0.3) is 0 Å². The fraction of sp³-hybridized carbons (Fsp3) is 0.481. The molecule has 1 aliphatic rings. The van der Waals surface area contributed by atoms with Gasteiger partial charge in [0.1, 0.15) is 18.9 Å². The molecule has 1 unspecified atom stereocenters. The summed E-state index contributed by atoms with van der Waals surface area (Å²) in [6.07, 6.45) is 0.162. The molecular weight excluding hydrogens is 479 g/mol. The molecular formula is C27H37N2O6P. The monoisotopic (exact) mass is 516 g/mol. The summed E-state index contributed by atoms with van der Waals surface area (Å²) in [6, 6.07) is 16.0. The molecule has 1 aliphatic heterocycles. The van der Waals surface area contributed by atoms with Crippen molar-refractivity contribution < 1.29 is 27.9 Å². The second-order valence-corrected chi connectivity index (χ2v) is 11.2. The van der Waals surface area contributed by atoms with Crippen LogP contribution in [0.3, 0.4) is 0 Å². The summed E-state index contributed by atoms with van der Waals surface area (Å²) in [5, 5.41) is 0. The maximum atomic E-state index is 13.9. The molecule has 2 aromatic carbocycles. The Labute approximate surface area is 214 Å². The summed E-state index contributed by atoms with van der Waals surface area (Å²) in [7, 11) is -3.54. The number of rotatable bonds is 11. The first-order valence-electron chi connectivity index (χ1n) is 12.5. The molecule has 0 N–H and O–H groups in total. The summed E-state index contributed by atoms with van der Waals surface area (Å²) in [5.41, 5.74) is 2.85. The summed E-state index contributed by atoms with van der Waals surface area (Å²) in [5.74, 6) is -0.366. The Morgan fingerprint density at radius 1 is 1.00 bits per heavy atom. The molecule has 196 valence electrons. The number of benzene rings is 2. The molecule has 0 aliphatic carbocycles. The van der Waals surface area contributed by atoms with Crippen molar-refractivity contribution in [1.82, 2.24) is 9.80 Å². The maximum Gasteiger partial charge on any atom is 0.349 e. The molecule has 9 heteroatoms. The van der Waals surface area contributed by atoms with E-state index in [1.165, 1.54) is 9.80 Å². The third-order valence-corrected chi connectivity index (χ3v) is 7.83. The molecule has 8 nitrogen and oxygen atoms in total. The minimum Gasteiger partial charge on any atom is -0.459 e. The molecule has 2 amide bonds. The van der Waals surface area contributed by atoms with Crippen molar-refractivity contribution in [2.45, 2.75) is 53.3 Å². The van der Waals surface area contributed by atoms with Gasteiger partial charge in [-0.1, -0.05) is 68.4 Å². The summed E-state index contributed by atoms with van der Waals surface area (Å²) < 4.78 is 29.9. The van der Waals surface area contributed by atoms with E-state index in [-0.39, 0.29) is 44.6 Å². The van der Waals surface area contributed by atoms with E-state index in [4.69, 9.17) is 13.8 Å². The van der Waals surface area contributed by atoms with Crippen LogP contribution in [-0.2, 0) is 42.7 Å². The van der Waals surface area contributed by atoms with Crippen molar-refractivity contribution >= 4 is 19.6 Å². The van der Waals surface area contributed by atoms with Crippen LogP contribution in [0.15, 0.2) is 54.6 Å². The van der Waals surface area contributed by atoms with E-state index < -0.39 is 19.6 Å². The van der Waals surface area contributed by atoms with E-state index in [1.807, 2.05) is 68.4 Å². The van der Waals surface area contributed by atoms with Gasteiger partial charge in [0.15, 0.2) is 0 Å². The Morgan fingerprint density at radius 2 is 1.61 bits per heavy atom. The SMILES string of the molecule is CCOP(=O)(CN(CC(C)C)C(=O)N1Cc2ccccc2CC1C(=O)OCc1ccccc1)OCC. The summed E-state index contributed by atoms with van der Waals surface area (Å²) in [6.45, 7) is 8.54. The molecule has 0 saturated heterocycles. The maximum absolute atomic E-state index is 13.9. The van der Waals surface area contributed by atoms with E-state index in [1.54, 1.807) is 13.8 Å². The predicted octanol–water partition coefficient (Wildman–Crippen LogP) is 5.46. The molecule has 0 radical (unpaired) electrons. The summed E-state index contributed by atoms with van der Waals surface area (Å²) in [4.78, 5) is 30.2. The van der Waals surface area contributed by atoms with Gasteiger partial charge in [-0.2, -0.15) is 0 Å². The lowest BCUT2D eigenvalue weighted by atomic mass is 9.94. The van der Waals surface area contributed by atoms with Crippen molar-refractivity contribution in [2.75, 3.05) is 26.0 Å². The number of carbonyl (C=O) groups is 2. The van der Waals surface area contributed by atoms with Gasteiger partial charge in [-0.05, 0) is 36.5 Å². The van der Waals surface area contributed by atoms with E-state index >= 15 is 0 Å². The minimum atomic E-state index is -3.54. The number of fused-ring (bicyclic) bond motifs is 1. The van der Waals surface area contributed by atoms with Crippen molar-refractivity contribution in [3.63, 3.8) is 0 Å². The number of esters is 1. The van der Waals surface area contributed by atoms with Crippen molar-refractivity contribution in [3.05, 3.63) is 71.3 Å². The fourth-order valence-electron chi connectivity index (χ4n) is 4.30. The lowest BCUT2D eigenvalue weighted by molar-refractivity contribution is -0.151. The zero-order valence-corrected chi connectivity index (χ0v) is 22.5. The molecule has 2 aromatic rings. The van der Waals surface area contributed by atoms with Crippen LogP contribution >= 0.6 is 7.60 Å². The van der Waals surface area contributed by atoms with Crippen LogP contribution in [0.4, 0.5) is 4.79 Å². The molecule has 0 bridgehead atoms. The summed E-state index contributed by atoms with van der Waals surface area (Å²) >= 11 is 0. The third-order valence-electron chi connectivity index (χ3n) is 5.84. The largest absolute Gasteiger partial charge is 0.459 e. The first kappa shape index (κ1) is 27.9. The predicted molar refractivity (Wildman–Crippen MR) is 138 cm³/mol. The van der Waals surface area contributed by atoms with Crippen molar-refractivity contribution in [2.24, 2.45) is 5.92 Å². The topological polar surface area (TPSA) is 85.4 Å². The van der Waals surface area contributed by atoms with Gasteiger partial charge in [0, 0.05) is 19.5 Å². The van der Waals surface area contributed by atoms with Gasteiger partial charge in [-0.15, -0.1) is 0 Å². The van der Waals surface area contributed by atoms with Gasteiger partial charge in [-0.3, -0.25) is 4.57 Å². The number of ether oxygens (including phenoxy) is 1. The highest BCUT2D eigenvalue weighted by Crippen LogP contribution is 2.48. The van der Waals surface area contributed by atoms with E-state index in [2.05, 4.69) is 0 Å². The third kappa shape index (κ3) is 7.42. The average Bonchev–Trinajstić information content (AvgIpc) is 2.86. The Bertz CT molecular complexity index is 1050. The van der Waals surface area contributed by atoms with Gasteiger partial charge < -0.3 is 23.6 Å². The smallest absolute Gasteiger partial charge is 0.349 e. The van der Waals surface area contributed by atoms with Crippen LogP contribution in [0.2, 0.25) is 0 Å². The van der Waals surface area contributed by atoms with E-state index in [0.717, 1.165) is 16.7 Å².